The molecule has 1 aromatic heterocycles. The molecule has 1 saturated heterocycles. The predicted molar refractivity (Wildman–Crippen MR) is 87.6 cm³/mol. The fraction of sp³-hybridized carbons (Fsp3) is 0.529. The summed E-state index contributed by atoms with van der Waals surface area (Å²) in [5.41, 5.74) is 0.955. The van der Waals surface area contributed by atoms with E-state index in [1.807, 2.05) is 25.1 Å². The van der Waals surface area contributed by atoms with E-state index in [9.17, 15) is 0 Å². The van der Waals surface area contributed by atoms with Crippen molar-refractivity contribution < 1.29 is 9.47 Å². The van der Waals surface area contributed by atoms with Crippen molar-refractivity contribution in [1.82, 2.24) is 9.97 Å². The minimum Gasteiger partial charge on any atom is -0.497 e. The van der Waals surface area contributed by atoms with Crippen LogP contribution in [0.4, 0.5) is 5.82 Å². The third-order valence-electron chi connectivity index (χ3n) is 4.49. The van der Waals surface area contributed by atoms with Crippen LogP contribution in [0.2, 0.25) is 0 Å². The van der Waals surface area contributed by atoms with Crippen molar-refractivity contribution in [2.45, 2.75) is 26.4 Å². The van der Waals surface area contributed by atoms with E-state index < -0.39 is 0 Å². The number of methoxy groups -OCH3 is 2. The molecule has 0 saturated carbocycles. The van der Waals surface area contributed by atoms with Gasteiger partial charge in [-0.3, -0.25) is 0 Å². The Morgan fingerprint density at radius 1 is 1.23 bits per heavy atom. The number of ether oxygens (including phenoxy) is 2. The summed E-state index contributed by atoms with van der Waals surface area (Å²) < 4.78 is 11.0. The largest absolute Gasteiger partial charge is 0.497 e. The first-order valence-electron chi connectivity index (χ1n) is 7.72. The van der Waals surface area contributed by atoms with Crippen molar-refractivity contribution in [3.05, 3.63) is 24.0 Å². The Hall–Kier alpha value is -1.88. The van der Waals surface area contributed by atoms with Crippen molar-refractivity contribution in [2.24, 2.45) is 5.92 Å². The zero-order valence-corrected chi connectivity index (χ0v) is 13.7. The summed E-state index contributed by atoms with van der Waals surface area (Å²) in [6.45, 7) is 6.04. The summed E-state index contributed by atoms with van der Waals surface area (Å²) in [7, 11) is 3.47. The molecule has 2 unspecified atom stereocenters. The summed E-state index contributed by atoms with van der Waals surface area (Å²) in [5.74, 6) is 3.18. The molecule has 1 aliphatic heterocycles. The Morgan fingerprint density at radius 2 is 2.05 bits per heavy atom. The number of rotatable bonds is 3. The number of piperidine rings is 1. The number of nitrogens with zero attached hydrogens (tertiary/aromatic N) is 3. The Balaban J connectivity index is 2.05. The highest BCUT2D eigenvalue weighted by atomic mass is 16.5. The summed E-state index contributed by atoms with van der Waals surface area (Å²) in [6.07, 6.45) is 1.34. The SMILES string of the molecule is COc1ccc2nc(C)nc(N3CCC(C)C(OC)C3)c2c1. The van der Waals surface area contributed by atoms with E-state index in [1.165, 1.54) is 0 Å². The molecule has 0 bridgehead atoms. The molecule has 2 heterocycles. The van der Waals surface area contributed by atoms with Gasteiger partial charge in [0.25, 0.3) is 0 Å². The lowest BCUT2D eigenvalue weighted by molar-refractivity contribution is 0.0497. The summed E-state index contributed by atoms with van der Waals surface area (Å²) >= 11 is 0. The number of aromatic nitrogens is 2. The lowest BCUT2D eigenvalue weighted by Crippen LogP contribution is -2.44. The van der Waals surface area contributed by atoms with Crippen LogP contribution < -0.4 is 9.64 Å². The molecular formula is C17H23N3O2. The number of fused-ring (bicyclic) bond motifs is 1. The van der Waals surface area contributed by atoms with Gasteiger partial charge in [-0.2, -0.15) is 0 Å². The van der Waals surface area contributed by atoms with Crippen molar-refractivity contribution >= 4 is 16.7 Å². The molecule has 1 aromatic carbocycles. The van der Waals surface area contributed by atoms with Gasteiger partial charge in [0, 0.05) is 25.6 Å². The van der Waals surface area contributed by atoms with Crippen LogP contribution in [0, 0.1) is 12.8 Å². The third-order valence-corrected chi connectivity index (χ3v) is 4.49. The van der Waals surface area contributed by atoms with Crippen LogP contribution in [0.1, 0.15) is 19.2 Å². The predicted octanol–water partition coefficient (Wildman–Crippen LogP) is 2.81. The molecule has 0 spiro atoms. The molecule has 2 aromatic rings. The first-order chi connectivity index (χ1) is 10.6. The van der Waals surface area contributed by atoms with Gasteiger partial charge in [0.05, 0.1) is 18.7 Å². The lowest BCUT2D eigenvalue weighted by atomic mass is 9.95. The van der Waals surface area contributed by atoms with E-state index >= 15 is 0 Å². The van der Waals surface area contributed by atoms with Gasteiger partial charge in [-0.05, 0) is 37.5 Å². The number of hydrogen-bond donors (Lipinski definition) is 0. The monoisotopic (exact) mass is 301 g/mol. The van der Waals surface area contributed by atoms with Crippen LogP contribution in [0.5, 0.6) is 5.75 Å². The van der Waals surface area contributed by atoms with Gasteiger partial charge >= 0.3 is 0 Å². The van der Waals surface area contributed by atoms with Gasteiger partial charge < -0.3 is 14.4 Å². The summed E-state index contributed by atoms with van der Waals surface area (Å²) in [4.78, 5) is 11.5. The van der Waals surface area contributed by atoms with E-state index in [-0.39, 0.29) is 6.10 Å². The molecule has 0 radical (unpaired) electrons. The van der Waals surface area contributed by atoms with E-state index in [2.05, 4.69) is 16.8 Å². The standard InChI is InChI=1S/C17H23N3O2/c1-11-7-8-20(10-16(11)22-4)17-14-9-13(21-3)5-6-15(14)18-12(2)19-17/h5-6,9,11,16H,7-8,10H2,1-4H3. The smallest absolute Gasteiger partial charge is 0.140 e. The highest BCUT2D eigenvalue weighted by molar-refractivity contribution is 5.90. The Kier molecular flexibility index (Phi) is 4.16. The first-order valence-corrected chi connectivity index (χ1v) is 7.72. The Morgan fingerprint density at radius 3 is 2.77 bits per heavy atom. The van der Waals surface area contributed by atoms with Crippen molar-refractivity contribution in [2.75, 3.05) is 32.2 Å². The number of hydrogen-bond acceptors (Lipinski definition) is 5. The van der Waals surface area contributed by atoms with Crippen LogP contribution in [-0.4, -0.2) is 43.4 Å². The highest BCUT2D eigenvalue weighted by Gasteiger charge is 2.28. The number of aryl methyl sites for hydroxylation is 1. The molecule has 1 fully saturated rings. The van der Waals surface area contributed by atoms with E-state index in [0.29, 0.717) is 5.92 Å². The van der Waals surface area contributed by atoms with Gasteiger partial charge in [0.2, 0.25) is 0 Å². The topological polar surface area (TPSA) is 47.5 Å². The molecule has 2 atom stereocenters. The van der Waals surface area contributed by atoms with Gasteiger partial charge in [0.15, 0.2) is 0 Å². The second-order valence-electron chi connectivity index (χ2n) is 5.96. The molecule has 3 rings (SSSR count). The fourth-order valence-corrected chi connectivity index (χ4v) is 3.11. The minimum atomic E-state index is 0.240. The first kappa shape index (κ1) is 15.0. The van der Waals surface area contributed by atoms with E-state index in [0.717, 1.165) is 47.8 Å². The second-order valence-corrected chi connectivity index (χ2v) is 5.96. The molecular weight excluding hydrogens is 278 g/mol. The molecule has 5 heteroatoms. The van der Waals surface area contributed by atoms with Gasteiger partial charge in [-0.1, -0.05) is 6.92 Å². The molecule has 118 valence electrons. The second kappa shape index (κ2) is 6.08. The maximum Gasteiger partial charge on any atom is 0.140 e. The third kappa shape index (κ3) is 2.73. The Labute approximate surface area is 131 Å². The quantitative estimate of drug-likeness (QED) is 0.872. The van der Waals surface area contributed by atoms with Crippen molar-refractivity contribution in [3.8, 4) is 5.75 Å². The van der Waals surface area contributed by atoms with Crippen LogP contribution in [0.3, 0.4) is 0 Å². The van der Waals surface area contributed by atoms with Crippen LogP contribution >= 0.6 is 0 Å². The summed E-state index contributed by atoms with van der Waals surface area (Å²) in [6, 6.07) is 5.95. The average molecular weight is 301 g/mol. The van der Waals surface area contributed by atoms with Crippen molar-refractivity contribution in [3.63, 3.8) is 0 Å². The zero-order chi connectivity index (χ0) is 15.7. The fourth-order valence-electron chi connectivity index (χ4n) is 3.11. The number of anilines is 1. The lowest BCUT2D eigenvalue weighted by Gasteiger charge is -2.37. The molecule has 0 amide bonds. The van der Waals surface area contributed by atoms with Gasteiger partial charge in [-0.15, -0.1) is 0 Å². The van der Waals surface area contributed by atoms with E-state index in [1.54, 1.807) is 14.2 Å². The highest BCUT2D eigenvalue weighted by Crippen LogP contribution is 2.31. The molecule has 5 nitrogen and oxygen atoms in total. The van der Waals surface area contributed by atoms with E-state index in [4.69, 9.17) is 14.5 Å². The normalized spacial score (nSPS) is 22.1. The van der Waals surface area contributed by atoms with Crippen LogP contribution in [0.25, 0.3) is 10.9 Å². The zero-order valence-electron chi connectivity index (χ0n) is 13.7. The van der Waals surface area contributed by atoms with Crippen LogP contribution in [0.15, 0.2) is 18.2 Å². The van der Waals surface area contributed by atoms with Crippen molar-refractivity contribution in [1.29, 1.82) is 0 Å². The molecule has 1 aliphatic rings. The summed E-state index contributed by atoms with van der Waals surface area (Å²) in [5, 5.41) is 1.04. The number of benzene rings is 1. The maximum absolute atomic E-state index is 5.63. The Bertz CT molecular complexity index is 674. The molecule has 0 aliphatic carbocycles. The molecule has 0 N–H and O–H groups in total. The average Bonchev–Trinajstić information content (AvgIpc) is 2.54. The maximum atomic E-state index is 5.63. The van der Waals surface area contributed by atoms with Crippen LogP contribution in [-0.2, 0) is 4.74 Å². The molecule has 22 heavy (non-hydrogen) atoms. The minimum absolute atomic E-state index is 0.240. The van der Waals surface area contributed by atoms with Gasteiger partial charge in [0.1, 0.15) is 17.4 Å². The van der Waals surface area contributed by atoms with Gasteiger partial charge in [-0.25, -0.2) is 9.97 Å².